The molecule has 9 heteroatoms. The maximum atomic E-state index is 13.4. The second kappa shape index (κ2) is 9.72. The van der Waals surface area contributed by atoms with Crippen LogP contribution in [0.25, 0.3) is 11.3 Å². The van der Waals surface area contributed by atoms with Crippen LogP contribution in [0.1, 0.15) is 34.5 Å². The molecule has 8 nitrogen and oxygen atoms in total. The quantitative estimate of drug-likeness (QED) is 0.623. The Morgan fingerprint density at radius 2 is 1.85 bits per heavy atom. The number of pyridine rings is 1. The third-order valence-corrected chi connectivity index (χ3v) is 6.53. The van der Waals surface area contributed by atoms with E-state index in [9.17, 15) is 18.8 Å². The molecule has 0 spiro atoms. The van der Waals surface area contributed by atoms with Crippen LogP contribution in [0.2, 0.25) is 0 Å². The molecule has 0 aliphatic carbocycles. The van der Waals surface area contributed by atoms with Crippen molar-refractivity contribution in [1.82, 2.24) is 24.3 Å². The lowest BCUT2D eigenvalue weighted by atomic mass is 10.0. The molecule has 1 saturated heterocycles. The van der Waals surface area contributed by atoms with Crippen LogP contribution in [0.4, 0.5) is 4.39 Å². The van der Waals surface area contributed by atoms with E-state index < -0.39 is 0 Å². The summed E-state index contributed by atoms with van der Waals surface area (Å²) in [6, 6.07) is 9.60. The highest BCUT2D eigenvalue weighted by molar-refractivity contribution is 5.94. The van der Waals surface area contributed by atoms with Gasteiger partial charge in [0.25, 0.3) is 11.5 Å². The Hall–Kier alpha value is -3.59. The van der Waals surface area contributed by atoms with Crippen LogP contribution >= 0.6 is 0 Å². The molecule has 0 atom stereocenters. The molecule has 34 heavy (non-hydrogen) atoms. The maximum absolute atomic E-state index is 13.4. The molecule has 0 unspecified atom stereocenters. The van der Waals surface area contributed by atoms with Gasteiger partial charge in [0.15, 0.2) is 0 Å². The van der Waals surface area contributed by atoms with Gasteiger partial charge in [-0.2, -0.15) is 0 Å². The summed E-state index contributed by atoms with van der Waals surface area (Å²) in [6.07, 6.45) is 3.01. The number of benzene rings is 1. The molecule has 2 aromatic heterocycles. The molecule has 3 aromatic rings. The van der Waals surface area contributed by atoms with Gasteiger partial charge in [-0.1, -0.05) is 12.1 Å². The average Bonchev–Trinajstić information content (AvgIpc) is 2.85. The number of halogens is 1. The summed E-state index contributed by atoms with van der Waals surface area (Å²) in [6.45, 7) is 3.72. The number of carbonyl (C=O) groups is 1. The molecule has 178 valence electrons. The lowest BCUT2D eigenvalue weighted by Crippen LogP contribution is -2.46. The van der Waals surface area contributed by atoms with Gasteiger partial charge in [-0.15, -0.1) is 0 Å². The molecular weight excluding hydrogens is 437 g/mol. The number of carbonyl (C=O) groups excluding carboxylic acids is 1. The molecule has 1 aliphatic rings. The molecule has 1 N–H and O–H groups in total. The molecule has 1 fully saturated rings. The highest BCUT2D eigenvalue weighted by Gasteiger charge is 2.23. The molecule has 1 aliphatic heterocycles. The van der Waals surface area contributed by atoms with Crippen molar-refractivity contribution in [2.45, 2.75) is 32.4 Å². The van der Waals surface area contributed by atoms with Crippen LogP contribution in [-0.2, 0) is 20.6 Å². The van der Waals surface area contributed by atoms with Gasteiger partial charge in [-0.3, -0.25) is 24.0 Å². The first-order valence-electron chi connectivity index (χ1n) is 11.3. The van der Waals surface area contributed by atoms with Gasteiger partial charge in [-0.05, 0) is 44.0 Å². The third kappa shape index (κ3) is 4.84. The van der Waals surface area contributed by atoms with E-state index >= 15 is 0 Å². The minimum atomic E-state index is -0.334. The highest BCUT2D eigenvalue weighted by atomic mass is 19.1. The standard InChI is InChI=1S/C25H28FN5O3/c1-16-21(24(33)30(3)25(34)29(16)2)15-31-11-9-20(10-12-31)28-23(32)18-7-8-22(27-14-18)17-5-4-6-19(26)13-17/h4-8,13-14,20H,9-12,15H2,1-3H3,(H,28,32). The number of nitrogens with one attached hydrogen (secondary N) is 1. The number of amides is 1. The number of hydrogen-bond donors (Lipinski definition) is 1. The van der Waals surface area contributed by atoms with E-state index in [0.29, 0.717) is 34.6 Å². The molecule has 1 amide bonds. The minimum Gasteiger partial charge on any atom is -0.349 e. The Labute approximate surface area is 196 Å². The topological polar surface area (TPSA) is 89.2 Å². The van der Waals surface area contributed by atoms with Gasteiger partial charge in [-0.25, -0.2) is 9.18 Å². The smallest absolute Gasteiger partial charge is 0.330 e. The van der Waals surface area contributed by atoms with Crippen LogP contribution < -0.4 is 16.6 Å². The van der Waals surface area contributed by atoms with Gasteiger partial charge in [0.1, 0.15) is 5.82 Å². The summed E-state index contributed by atoms with van der Waals surface area (Å²) in [5.74, 6) is -0.529. The van der Waals surface area contributed by atoms with Gasteiger partial charge in [0, 0.05) is 57.2 Å². The summed E-state index contributed by atoms with van der Waals surface area (Å²) < 4.78 is 16.1. The van der Waals surface area contributed by atoms with Crippen molar-refractivity contribution in [3.05, 3.63) is 86.1 Å². The van der Waals surface area contributed by atoms with Gasteiger partial charge < -0.3 is 9.88 Å². The molecule has 0 radical (unpaired) electrons. The van der Waals surface area contributed by atoms with Crippen molar-refractivity contribution < 1.29 is 9.18 Å². The van der Waals surface area contributed by atoms with E-state index in [1.54, 1.807) is 38.2 Å². The van der Waals surface area contributed by atoms with Gasteiger partial charge in [0.2, 0.25) is 0 Å². The monoisotopic (exact) mass is 465 g/mol. The van der Waals surface area contributed by atoms with E-state index in [-0.39, 0.29) is 29.0 Å². The van der Waals surface area contributed by atoms with E-state index in [1.165, 1.54) is 29.9 Å². The lowest BCUT2D eigenvalue weighted by molar-refractivity contribution is 0.0908. The second-order valence-corrected chi connectivity index (χ2v) is 8.74. The van der Waals surface area contributed by atoms with Crippen LogP contribution in [0, 0.1) is 12.7 Å². The molecule has 4 rings (SSSR count). The SMILES string of the molecule is Cc1c(CN2CCC(NC(=O)c3ccc(-c4cccc(F)c4)nc3)CC2)c(=O)n(C)c(=O)n1C. The zero-order chi connectivity index (χ0) is 24.4. The fraction of sp³-hybridized carbons (Fsp3) is 0.360. The van der Waals surface area contributed by atoms with Crippen molar-refractivity contribution in [2.24, 2.45) is 14.1 Å². The largest absolute Gasteiger partial charge is 0.349 e. The Bertz CT molecular complexity index is 1320. The molecule has 0 saturated carbocycles. The summed E-state index contributed by atoms with van der Waals surface area (Å²) >= 11 is 0. The fourth-order valence-electron chi connectivity index (χ4n) is 4.27. The van der Waals surface area contributed by atoms with Crippen molar-refractivity contribution in [1.29, 1.82) is 0 Å². The first-order valence-corrected chi connectivity index (χ1v) is 11.3. The third-order valence-electron chi connectivity index (χ3n) is 6.53. The molecule has 0 bridgehead atoms. The Balaban J connectivity index is 1.34. The van der Waals surface area contributed by atoms with Gasteiger partial charge >= 0.3 is 5.69 Å². The Morgan fingerprint density at radius 3 is 2.50 bits per heavy atom. The predicted octanol–water partition coefficient (Wildman–Crippen LogP) is 1.99. The van der Waals surface area contributed by atoms with Crippen molar-refractivity contribution >= 4 is 5.91 Å². The number of rotatable bonds is 5. The normalized spacial score (nSPS) is 14.8. The summed E-state index contributed by atoms with van der Waals surface area (Å²) in [7, 11) is 3.16. The lowest BCUT2D eigenvalue weighted by Gasteiger charge is -2.32. The second-order valence-electron chi connectivity index (χ2n) is 8.74. The van der Waals surface area contributed by atoms with Crippen LogP contribution in [0.5, 0.6) is 0 Å². The Kier molecular flexibility index (Phi) is 6.74. The van der Waals surface area contributed by atoms with E-state index in [4.69, 9.17) is 0 Å². The number of aromatic nitrogens is 3. The first kappa shape index (κ1) is 23.6. The van der Waals surface area contributed by atoms with Crippen LogP contribution in [0.15, 0.2) is 52.2 Å². The number of nitrogens with zero attached hydrogens (tertiary/aromatic N) is 4. The average molecular weight is 466 g/mol. The molecule has 1 aromatic carbocycles. The molecule has 3 heterocycles. The number of piperidine rings is 1. The molecular formula is C25H28FN5O3. The van der Waals surface area contributed by atoms with Crippen molar-refractivity contribution in [3.8, 4) is 11.3 Å². The first-order chi connectivity index (χ1) is 16.2. The zero-order valence-corrected chi connectivity index (χ0v) is 19.5. The van der Waals surface area contributed by atoms with E-state index in [1.807, 2.05) is 0 Å². The highest BCUT2D eigenvalue weighted by Crippen LogP contribution is 2.19. The van der Waals surface area contributed by atoms with Crippen molar-refractivity contribution in [2.75, 3.05) is 13.1 Å². The summed E-state index contributed by atoms with van der Waals surface area (Å²) in [5, 5.41) is 3.06. The number of likely N-dealkylation sites (tertiary alicyclic amines) is 1. The van der Waals surface area contributed by atoms with E-state index in [0.717, 1.165) is 30.5 Å². The summed E-state index contributed by atoms with van der Waals surface area (Å²) in [5.41, 5.74) is 2.42. The van der Waals surface area contributed by atoms with Crippen LogP contribution in [-0.4, -0.2) is 44.1 Å². The van der Waals surface area contributed by atoms with Crippen LogP contribution in [0.3, 0.4) is 0 Å². The maximum Gasteiger partial charge on any atom is 0.330 e. The zero-order valence-electron chi connectivity index (χ0n) is 19.5. The van der Waals surface area contributed by atoms with Crippen molar-refractivity contribution in [3.63, 3.8) is 0 Å². The minimum absolute atomic E-state index is 0.0238. The fourth-order valence-corrected chi connectivity index (χ4v) is 4.27. The Morgan fingerprint density at radius 1 is 1.12 bits per heavy atom. The summed E-state index contributed by atoms with van der Waals surface area (Å²) in [4.78, 5) is 43.8. The number of hydrogen-bond acceptors (Lipinski definition) is 5. The predicted molar refractivity (Wildman–Crippen MR) is 127 cm³/mol. The van der Waals surface area contributed by atoms with Gasteiger partial charge in [0.05, 0.1) is 16.8 Å². The van der Waals surface area contributed by atoms with E-state index in [2.05, 4.69) is 15.2 Å².